The van der Waals surface area contributed by atoms with Crippen molar-refractivity contribution >= 4 is 28.6 Å². The van der Waals surface area contributed by atoms with Crippen LogP contribution in [0.15, 0.2) is 48.2 Å². The molecule has 5 heteroatoms. The average molecular weight is 282 g/mol. The third kappa shape index (κ3) is 3.13. The van der Waals surface area contributed by atoms with E-state index in [4.69, 9.17) is 5.73 Å². The highest BCUT2D eigenvalue weighted by atomic mass is 32.1. The fourth-order valence-electron chi connectivity index (χ4n) is 1.89. The van der Waals surface area contributed by atoms with E-state index in [9.17, 15) is 0 Å². The molecule has 0 spiro atoms. The van der Waals surface area contributed by atoms with E-state index in [0.29, 0.717) is 5.13 Å². The fraction of sp³-hybridized carbons (Fsp3) is 0.0667. The average Bonchev–Trinajstić information content (AvgIpc) is 3.07. The normalized spacial score (nSPS) is 11.2. The number of anilines is 1. The van der Waals surface area contributed by atoms with Crippen molar-refractivity contribution in [2.24, 2.45) is 0 Å². The molecule has 0 aliphatic heterocycles. The molecule has 3 aromatic rings. The molecule has 4 nitrogen and oxygen atoms in total. The van der Waals surface area contributed by atoms with Gasteiger partial charge in [-0.1, -0.05) is 30.3 Å². The van der Waals surface area contributed by atoms with E-state index in [1.54, 1.807) is 0 Å². The monoisotopic (exact) mass is 282 g/mol. The number of imidazole rings is 1. The number of nitrogens with zero attached hydrogens (tertiary/aromatic N) is 3. The largest absolute Gasteiger partial charge is 0.375 e. The van der Waals surface area contributed by atoms with Crippen molar-refractivity contribution in [1.82, 2.24) is 14.5 Å². The van der Waals surface area contributed by atoms with Crippen molar-refractivity contribution in [2.45, 2.75) is 6.54 Å². The summed E-state index contributed by atoms with van der Waals surface area (Å²) in [5, 5.41) is 2.51. The molecule has 0 bridgehead atoms. The van der Waals surface area contributed by atoms with Crippen LogP contribution in [0.4, 0.5) is 5.13 Å². The zero-order valence-electron chi connectivity index (χ0n) is 10.8. The van der Waals surface area contributed by atoms with Gasteiger partial charge < -0.3 is 10.3 Å². The summed E-state index contributed by atoms with van der Waals surface area (Å²) in [4.78, 5) is 8.53. The van der Waals surface area contributed by atoms with E-state index in [2.05, 4.69) is 26.7 Å². The van der Waals surface area contributed by atoms with E-state index in [0.717, 1.165) is 17.9 Å². The fourth-order valence-corrected chi connectivity index (χ4v) is 2.42. The van der Waals surface area contributed by atoms with Gasteiger partial charge in [0.2, 0.25) is 0 Å². The minimum absolute atomic E-state index is 0.583. The van der Waals surface area contributed by atoms with Crippen molar-refractivity contribution in [3.63, 3.8) is 0 Å². The van der Waals surface area contributed by atoms with Gasteiger partial charge in [0, 0.05) is 18.1 Å². The molecule has 0 saturated heterocycles. The summed E-state index contributed by atoms with van der Waals surface area (Å²) in [6, 6.07) is 10.3. The minimum atomic E-state index is 0.583. The predicted octanol–water partition coefficient (Wildman–Crippen LogP) is 3.14. The van der Waals surface area contributed by atoms with Crippen molar-refractivity contribution in [2.75, 3.05) is 5.73 Å². The number of hydrogen-bond donors (Lipinski definition) is 1. The van der Waals surface area contributed by atoms with Crippen LogP contribution in [0.3, 0.4) is 0 Å². The molecule has 0 aliphatic carbocycles. The Balaban J connectivity index is 1.69. The van der Waals surface area contributed by atoms with Crippen LogP contribution in [0.2, 0.25) is 0 Å². The van der Waals surface area contributed by atoms with Crippen LogP contribution in [-0.2, 0) is 6.54 Å². The van der Waals surface area contributed by atoms with Gasteiger partial charge >= 0.3 is 0 Å². The second-order valence-corrected chi connectivity index (χ2v) is 5.29. The Morgan fingerprint density at radius 1 is 1.15 bits per heavy atom. The van der Waals surface area contributed by atoms with Crippen molar-refractivity contribution in [3.05, 3.63) is 65.2 Å². The lowest BCUT2D eigenvalue weighted by atomic mass is 10.2. The van der Waals surface area contributed by atoms with Crippen molar-refractivity contribution in [3.8, 4) is 0 Å². The molecule has 2 N–H and O–H groups in total. The predicted molar refractivity (Wildman–Crippen MR) is 83.2 cm³/mol. The first-order chi connectivity index (χ1) is 9.79. The second kappa shape index (κ2) is 5.71. The number of aromatic nitrogens is 3. The molecular weight excluding hydrogens is 268 g/mol. The first-order valence-corrected chi connectivity index (χ1v) is 7.12. The molecule has 3 rings (SSSR count). The third-order valence-corrected chi connectivity index (χ3v) is 3.52. The molecule has 0 unspecified atom stereocenters. The summed E-state index contributed by atoms with van der Waals surface area (Å²) in [7, 11) is 0. The Morgan fingerprint density at radius 2 is 1.95 bits per heavy atom. The van der Waals surface area contributed by atoms with E-state index < -0.39 is 0 Å². The van der Waals surface area contributed by atoms with Crippen LogP contribution in [0, 0.1) is 0 Å². The molecule has 0 atom stereocenters. The van der Waals surface area contributed by atoms with E-state index in [-0.39, 0.29) is 0 Å². The molecule has 20 heavy (non-hydrogen) atoms. The molecule has 100 valence electrons. The summed E-state index contributed by atoms with van der Waals surface area (Å²) in [6.07, 6.45) is 7.71. The SMILES string of the molecule is Nc1nc(/C=C/c2cn(Cc3ccccc3)cn2)cs1. The van der Waals surface area contributed by atoms with Crippen molar-refractivity contribution in [1.29, 1.82) is 0 Å². The van der Waals surface area contributed by atoms with Gasteiger partial charge in [-0.2, -0.15) is 0 Å². The maximum Gasteiger partial charge on any atom is 0.180 e. The number of thiazole rings is 1. The lowest BCUT2D eigenvalue weighted by Crippen LogP contribution is -1.95. The molecule has 0 radical (unpaired) electrons. The molecule has 1 aromatic carbocycles. The van der Waals surface area contributed by atoms with E-state index in [1.807, 2.05) is 48.3 Å². The Kier molecular flexibility index (Phi) is 3.60. The van der Waals surface area contributed by atoms with Gasteiger partial charge in [-0.3, -0.25) is 0 Å². The Hall–Kier alpha value is -2.40. The number of benzene rings is 1. The smallest absolute Gasteiger partial charge is 0.180 e. The van der Waals surface area contributed by atoms with E-state index >= 15 is 0 Å². The highest BCUT2D eigenvalue weighted by Gasteiger charge is 1.98. The summed E-state index contributed by atoms with van der Waals surface area (Å²) in [5.41, 5.74) is 8.62. The van der Waals surface area contributed by atoms with Gasteiger partial charge in [0.05, 0.1) is 17.7 Å². The van der Waals surface area contributed by atoms with Crippen LogP contribution >= 0.6 is 11.3 Å². The standard InChI is InChI=1S/C15H14N4S/c16-15-18-14(10-20-15)7-6-13-9-19(11-17-13)8-12-4-2-1-3-5-12/h1-7,9-11H,8H2,(H2,16,18)/b7-6+. The Morgan fingerprint density at radius 3 is 2.70 bits per heavy atom. The van der Waals surface area contributed by atoms with Crippen LogP contribution in [0.25, 0.3) is 12.2 Å². The number of hydrogen-bond acceptors (Lipinski definition) is 4. The van der Waals surface area contributed by atoms with E-state index in [1.165, 1.54) is 16.9 Å². The zero-order valence-corrected chi connectivity index (χ0v) is 11.6. The van der Waals surface area contributed by atoms with Gasteiger partial charge in [0.15, 0.2) is 5.13 Å². The topological polar surface area (TPSA) is 56.7 Å². The Labute approximate surface area is 121 Å². The van der Waals surface area contributed by atoms with Crippen LogP contribution in [0.1, 0.15) is 17.0 Å². The van der Waals surface area contributed by atoms with Gasteiger partial charge in [-0.15, -0.1) is 11.3 Å². The maximum atomic E-state index is 5.59. The number of rotatable bonds is 4. The lowest BCUT2D eigenvalue weighted by molar-refractivity contribution is 0.797. The highest BCUT2D eigenvalue weighted by Crippen LogP contribution is 2.13. The van der Waals surface area contributed by atoms with Crippen LogP contribution in [-0.4, -0.2) is 14.5 Å². The Bertz CT molecular complexity index is 712. The van der Waals surface area contributed by atoms with Gasteiger partial charge in [0.25, 0.3) is 0 Å². The summed E-state index contributed by atoms with van der Waals surface area (Å²) >= 11 is 1.44. The number of nitrogens with two attached hydrogens (primary N) is 1. The van der Waals surface area contributed by atoms with Gasteiger partial charge in [-0.05, 0) is 17.7 Å². The summed E-state index contributed by atoms with van der Waals surface area (Å²) in [6.45, 7) is 0.825. The van der Waals surface area contributed by atoms with Crippen molar-refractivity contribution < 1.29 is 0 Å². The van der Waals surface area contributed by atoms with Gasteiger partial charge in [0.1, 0.15) is 0 Å². The minimum Gasteiger partial charge on any atom is -0.375 e. The third-order valence-electron chi connectivity index (χ3n) is 2.83. The lowest BCUT2D eigenvalue weighted by Gasteiger charge is -2.00. The molecule has 2 heterocycles. The molecule has 0 fully saturated rings. The molecule has 0 saturated carbocycles. The maximum absolute atomic E-state index is 5.59. The van der Waals surface area contributed by atoms with Gasteiger partial charge in [-0.25, -0.2) is 9.97 Å². The first-order valence-electron chi connectivity index (χ1n) is 6.24. The van der Waals surface area contributed by atoms with Crippen LogP contribution < -0.4 is 5.73 Å². The zero-order chi connectivity index (χ0) is 13.8. The molecule has 0 amide bonds. The van der Waals surface area contributed by atoms with Crippen LogP contribution in [0.5, 0.6) is 0 Å². The molecule has 2 aromatic heterocycles. The first kappa shape index (κ1) is 12.6. The molecule has 0 aliphatic rings. The summed E-state index contributed by atoms with van der Waals surface area (Å²) in [5.74, 6) is 0. The molecular formula is C15H14N4S. The second-order valence-electron chi connectivity index (χ2n) is 4.40. The number of nitrogen functional groups attached to an aromatic ring is 1. The quantitative estimate of drug-likeness (QED) is 0.799. The highest BCUT2D eigenvalue weighted by molar-refractivity contribution is 7.13. The summed E-state index contributed by atoms with van der Waals surface area (Å²) < 4.78 is 2.06.